The van der Waals surface area contributed by atoms with Crippen LogP contribution in [0.25, 0.3) is 0 Å². The fourth-order valence-corrected chi connectivity index (χ4v) is 2.71. The standard InChI is InChI=1S/C22H31N/c1-19(22(2,3)4)15-16-23(17-20-11-7-5-8-12-20)18-21-13-9-6-10-14-21/h5-14,19H,15-18H2,1-4H3/t19-/m1/s1. The summed E-state index contributed by atoms with van der Waals surface area (Å²) >= 11 is 0. The van der Waals surface area contributed by atoms with Gasteiger partial charge in [0.1, 0.15) is 0 Å². The van der Waals surface area contributed by atoms with Crippen molar-refractivity contribution in [2.45, 2.75) is 47.2 Å². The van der Waals surface area contributed by atoms with Crippen molar-refractivity contribution in [2.75, 3.05) is 6.54 Å². The minimum atomic E-state index is 0.380. The highest BCUT2D eigenvalue weighted by molar-refractivity contribution is 5.17. The molecule has 1 nitrogen and oxygen atoms in total. The largest absolute Gasteiger partial charge is 0.295 e. The van der Waals surface area contributed by atoms with Gasteiger partial charge in [0.2, 0.25) is 0 Å². The number of benzene rings is 2. The molecule has 0 unspecified atom stereocenters. The molecule has 0 aliphatic carbocycles. The van der Waals surface area contributed by atoms with Gasteiger partial charge >= 0.3 is 0 Å². The van der Waals surface area contributed by atoms with Gasteiger partial charge in [-0.15, -0.1) is 0 Å². The van der Waals surface area contributed by atoms with Gasteiger partial charge in [0, 0.05) is 13.1 Å². The highest BCUT2D eigenvalue weighted by atomic mass is 15.1. The summed E-state index contributed by atoms with van der Waals surface area (Å²) in [5, 5.41) is 0. The van der Waals surface area contributed by atoms with Gasteiger partial charge in [0.15, 0.2) is 0 Å². The van der Waals surface area contributed by atoms with Gasteiger partial charge in [-0.25, -0.2) is 0 Å². The molecule has 0 saturated heterocycles. The third-order valence-electron chi connectivity index (χ3n) is 4.85. The van der Waals surface area contributed by atoms with Crippen molar-refractivity contribution in [1.82, 2.24) is 4.90 Å². The topological polar surface area (TPSA) is 3.24 Å². The summed E-state index contributed by atoms with van der Waals surface area (Å²) in [4.78, 5) is 2.58. The van der Waals surface area contributed by atoms with Crippen molar-refractivity contribution in [2.24, 2.45) is 11.3 Å². The van der Waals surface area contributed by atoms with Crippen LogP contribution < -0.4 is 0 Å². The van der Waals surface area contributed by atoms with Crippen molar-refractivity contribution in [3.8, 4) is 0 Å². The molecular weight excluding hydrogens is 278 g/mol. The second kappa shape index (κ2) is 8.31. The molecule has 0 heterocycles. The molecule has 23 heavy (non-hydrogen) atoms. The molecule has 124 valence electrons. The average molecular weight is 309 g/mol. The summed E-state index contributed by atoms with van der Waals surface area (Å²) in [5.41, 5.74) is 3.17. The van der Waals surface area contributed by atoms with E-state index >= 15 is 0 Å². The van der Waals surface area contributed by atoms with Crippen molar-refractivity contribution in [3.63, 3.8) is 0 Å². The summed E-state index contributed by atoms with van der Waals surface area (Å²) in [7, 11) is 0. The predicted octanol–water partition coefficient (Wildman–Crippen LogP) is 5.76. The van der Waals surface area contributed by atoms with Gasteiger partial charge in [0.25, 0.3) is 0 Å². The minimum absolute atomic E-state index is 0.380. The monoisotopic (exact) mass is 309 g/mol. The molecule has 0 aromatic heterocycles. The van der Waals surface area contributed by atoms with Crippen molar-refractivity contribution in [1.29, 1.82) is 0 Å². The van der Waals surface area contributed by atoms with Crippen molar-refractivity contribution < 1.29 is 0 Å². The lowest BCUT2D eigenvalue weighted by molar-refractivity contribution is 0.186. The Bertz CT molecular complexity index is 512. The Balaban J connectivity index is 2.02. The van der Waals surface area contributed by atoms with E-state index in [9.17, 15) is 0 Å². The third kappa shape index (κ3) is 6.19. The molecule has 2 aromatic rings. The van der Waals surface area contributed by atoms with Gasteiger partial charge in [-0.1, -0.05) is 88.4 Å². The van der Waals surface area contributed by atoms with Crippen LogP contribution in [0.3, 0.4) is 0 Å². The first kappa shape index (κ1) is 17.7. The van der Waals surface area contributed by atoms with E-state index in [1.54, 1.807) is 0 Å². The Morgan fingerprint density at radius 1 is 0.783 bits per heavy atom. The summed E-state index contributed by atoms with van der Waals surface area (Å²) in [5.74, 6) is 0.719. The van der Waals surface area contributed by atoms with Gasteiger partial charge < -0.3 is 0 Å². The summed E-state index contributed by atoms with van der Waals surface area (Å²) in [6.07, 6.45) is 1.24. The maximum Gasteiger partial charge on any atom is 0.0237 e. The maximum absolute atomic E-state index is 2.58. The zero-order chi connectivity index (χ0) is 16.7. The lowest BCUT2D eigenvalue weighted by atomic mass is 9.80. The number of rotatable bonds is 7. The lowest BCUT2D eigenvalue weighted by Gasteiger charge is -2.30. The molecule has 0 bridgehead atoms. The fraction of sp³-hybridized carbons (Fsp3) is 0.455. The molecule has 0 saturated carbocycles. The van der Waals surface area contributed by atoms with E-state index in [-0.39, 0.29) is 0 Å². The molecule has 0 aliphatic rings. The smallest absolute Gasteiger partial charge is 0.0237 e. The molecule has 0 radical (unpaired) electrons. The van der Waals surface area contributed by atoms with E-state index in [2.05, 4.69) is 93.3 Å². The number of hydrogen-bond acceptors (Lipinski definition) is 1. The average Bonchev–Trinajstić information content (AvgIpc) is 2.53. The van der Waals surface area contributed by atoms with Crippen LogP contribution >= 0.6 is 0 Å². The van der Waals surface area contributed by atoms with E-state index in [1.165, 1.54) is 17.5 Å². The number of nitrogens with zero attached hydrogens (tertiary/aromatic N) is 1. The molecule has 0 fully saturated rings. The third-order valence-corrected chi connectivity index (χ3v) is 4.85. The van der Waals surface area contributed by atoms with Crippen LogP contribution in [-0.2, 0) is 13.1 Å². The van der Waals surface area contributed by atoms with Crippen LogP contribution in [0.15, 0.2) is 60.7 Å². The van der Waals surface area contributed by atoms with Crippen LogP contribution in [-0.4, -0.2) is 11.4 Å². The molecule has 1 atom stereocenters. The number of hydrogen-bond donors (Lipinski definition) is 0. The normalized spacial score (nSPS) is 13.3. The lowest BCUT2D eigenvalue weighted by Crippen LogP contribution is -2.28. The van der Waals surface area contributed by atoms with Crippen LogP contribution in [0.5, 0.6) is 0 Å². The van der Waals surface area contributed by atoms with Crippen LogP contribution in [0, 0.1) is 11.3 Å². The van der Waals surface area contributed by atoms with Crippen LogP contribution in [0.2, 0.25) is 0 Å². The molecule has 1 heteroatoms. The molecular formula is C22H31N. The zero-order valence-electron chi connectivity index (χ0n) is 15.1. The first-order valence-electron chi connectivity index (χ1n) is 8.75. The van der Waals surface area contributed by atoms with Crippen molar-refractivity contribution >= 4 is 0 Å². The first-order chi connectivity index (χ1) is 10.9. The van der Waals surface area contributed by atoms with E-state index in [1.807, 2.05) is 0 Å². The molecule has 0 aliphatic heterocycles. The second-order valence-electron chi connectivity index (χ2n) is 7.74. The summed E-state index contributed by atoms with van der Waals surface area (Å²) in [6.45, 7) is 12.6. The molecule has 0 amide bonds. The van der Waals surface area contributed by atoms with Gasteiger partial charge in [0.05, 0.1) is 0 Å². The Kier molecular flexibility index (Phi) is 6.41. The Hall–Kier alpha value is -1.60. The zero-order valence-corrected chi connectivity index (χ0v) is 15.1. The van der Waals surface area contributed by atoms with Gasteiger partial charge in [-0.2, -0.15) is 0 Å². The highest BCUT2D eigenvalue weighted by Crippen LogP contribution is 2.28. The highest BCUT2D eigenvalue weighted by Gasteiger charge is 2.20. The first-order valence-corrected chi connectivity index (χ1v) is 8.75. The predicted molar refractivity (Wildman–Crippen MR) is 100 cm³/mol. The van der Waals surface area contributed by atoms with Gasteiger partial charge in [-0.3, -0.25) is 4.90 Å². The molecule has 0 spiro atoms. The SMILES string of the molecule is C[C@H](CCN(Cc1ccccc1)Cc1ccccc1)C(C)(C)C. The van der Waals surface area contributed by atoms with Crippen LogP contribution in [0.4, 0.5) is 0 Å². The van der Waals surface area contributed by atoms with Crippen LogP contribution in [0.1, 0.15) is 45.2 Å². The minimum Gasteiger partial charge on any atom is -0.295 e. The van der Waals surface area contributed by atoms with E-state index in [4.69, 9.17) is 0 Å². The summed E-state index contributed by atoms with van der Waals surface area (Å²) in [6, 6.07) is 21.6. The quantitative estimate of drug-likeness (QED) is 0.628. The molecule has 2 rings (SSSR count). The Labute approximate surface area is 142 Å². The van der Waals surface area contributed by atoms with E-state index in [0.29, 0.717) is 5.41 Å². The van der Waals surface area contributed by atoms with E-state index in [0.717, 1.165) is 25.6 Å². The second-order valence-corrected chi connectivity index (χ2v) is 7.74. The Morgan fingerprint density at radius 3 is 1.61 bits per heavy atom. The molecule has 2 aromatic carbocycles. The fourth-order valence-electron chi connectivity index (χ4n) is 2.71. The maximum atomic E-state index is 2.58. The van der Waals surface area contributed by atoms with Gasteiger partial charge in [-0.05, 0) is 35.4 Å². The van der Waals surface area contributed by atoms with Crippen molar-refractivity contribution in [3.05, 3.63) is 71.8 Å². The summed E-state index contributed by atoms with van der Waals surface area (Å²) < 4.78 is 0. The Morgan fingerprint density at radius 2 is 1.22 bits per heavy atom. The van der Waals surface area contributed by atoms with E-state index < -0.39 is 0 Å². The molecule has 0 N–H and O–H groups in total.